The summed E-state index contributed by atoms with van der Waals surface area (Å²) in [6, 6.07) is 0. The van der Waals surface area contributed by atoms with Crippen molar-refractivity contribution in [1.82, 2.24) is 4.00 Å². The van der Waals surface area contributed by atoms with Crippen LogP contribution in [0.2, 0.25) is 58.9 Å². The first-order valence-corrected chi connectivity index (χ1v) is 21.6. The predicted octanol–water partition coefficient (Wildman–Crippen LogP) is 6.95. The Bertz CT molecular complexity index is 403. The Balaban J connectivity index is 6.30. The molecule has 0 saturated heterocycles. The summed E-state index contributed by atoms with van der Waals surface area (Å²) in [7, 11) is -4.72. The monoisotopic (exact) mass is 430 g/mol. The highest BCUT2D eigenvalue weighted by molar-refractivity contribution is 9.40. The zero-order valence-electron chi connectivity index (χ0n) is 16.1. The smallest absolute Gasteiger partial charge is 0.199 e. The molecule has 0 aromatic carbocycles. The van der Waals surface area contributed by atoms with Crippen molar-refractivity contribution in [1.29, 1.82) is 0 Å². The van der Waals surface area contributed by atoms with Crippen molar-refractivity contribution < 1.29 is 4.52 Å². The molecule has 0 radical (unpaired) electrons. The van der Waals surface area contributed by atoms with E-state index in [1.54, 1.807) is 0 Å². The molecule has 0 aliphatic carbocycles. The second kappa shape index (κ2) is 6.65. The van der Waals surface area contributed by atoms with Crippen LogP contribution in [0.15, 0.2) is 4.41 Å². The number of hydrogen-bond acceptors (Lipinski definition) is 2. The molecule has 8 heteroatoms. The summed E-state index contributed by atoms with van der Waals surface area (Å²) in [5, 5.41) is 0. The molecular weight excluding hydrogens is 395 g/mol. The fourth-order valence-corrected chi connectivity index (χ4v) is 36.0. The molecule has 0 aliphatic rings. The molecule has 0 heterocycles. The Morgan fingerprint density at radius 1 is 0.857 bits per heavy atom. The molecule has 0 rings (SSSR count). The highest BCUT2D eigenvalue weighted by Gasteiger charge is 2.46. The van der Waals surface area contributed by atoms with Gasteiger partial charge in [0.1, 0.15) is 16.5 Å². The number of hydrogen-bond donors (Lipinski definition) is 0. The van der Waals surface area contributed by atoms with Crippen LogP contribution in [0.4, 0.5) is 0 Å². The van der Waals surface area contributed by atoms with Gasteiger partial charge in [0.2, 0.25) is 0 Å². The van der Waals surface area contributed by atoms with E-state index in [0.717, 1.165) is 0 Å². The molecule has 0 aliphatic heterocycles. The first-order valence-electron chi connectivity index (χ1n) is 7.63. The third kappa shape index (κ3) is 8.08. The van der Waals surface area contributed by atoms with Gasteiger partial charge < -0.3 is 4.52 Å². The standard InChI is InChI=1S/C13H36BrN2OPSi3/c1-13(2,3)17-18(14,15-19(4,5)6)16(20(7,8)9)21(10,11)12/h1-12H3. The van der Waals surface area contributed by atoms with E-state index >= 15 is 0 Å². The zero-order chi connectivity index (χ0) is 17.5. The van der Waals surface area contributed by atoms with Crippen LogP contribution in [0.1, 0.15) is 20.8 Å². The third-order valence-electron chi connectivity index (χ3n) is 2.33. The molecule has 0 amide bonds. The first kappa shape index (κ1) is 22.3. The normalized spacial score (nSPS) is 17.8. The lowest BCUT2D eigenvalue weighted by Crippen LogP contribution is -2.56. The van der Waals surface area contributed by atoms with E-state index in [-0.39, 0.29) is 5.60 Å². The van der Waals surface area contributed by atoms with Crippen LogP contribution in [0.5, 0.6) is 0 Å². The quantitative estimate of drug-likeness (QED) is 0.348. The van der Waals surface area contributed by atoms with E-state index in [2.05, 4.69) is 99.2 Å². The number of rotatable bonds is 5. The summed E-state index contributed by atoms with van der Waals surface area (Å²) in [5.74, 6) is 0. The van der Waals surface area contributed by atoms with Crippen LogP contribution in [0.25, 0.3) is 0 Å². The van der Waals surface area contributed by atoms with Crippen molar-refractivity contribution >= 4 is 46.3 Å². The molecule has 0 N–H and O–H groups in total. The van der Waals surface area contributed by atoms with E-state index in [0.29, 0.717) is 0 Å². The molecule has 0 bridgehead atoms. The Labute approximate surface area is 144 Å². The van der Waals surface area contributed by atoms with Crippen LogP contribution in [-0.2, 0) is 4.52 Å². The van der Waals surface area contributed by atoms with E-state index in [4.69, 9.17) is 8.93 Å². The van der Waals surface area contributed by atoms with Gasteiger partial charge in [-0.25, -0.2) is 0 Å². The summed E-state index contributed by atoms with van der Waals surface area (Å²) >= 11 is 4.05. The Hall–Kier alpha value is 1.28. The average molecular weight is 432 g/mol. The van der Waals surface area contributed by atoms with Gasteiger partial charge in [-0.2, -0.15) is 0 Å². The second-order valence-corrected chi connectivity index (χ2v) is 29.8. The van der Waals surface area contributed by atoms with Gasteiger partial charge in [0, 0.05) is 15.5 Å². The van der Waals surface area contributed by atoms with E-state index in [9.17, 15) is 0 Å². The molecule has 128 valence electrons. The van der Waals surface area contributed by atoms with Crippen LogP contribution in [0.3, 0.4) is 0 Å². The average Bonchev–Trinajstić information content (AvgIpc) is 1.83. The number of halogens is 1. The SMILES string of the molecule is CC(C)(C)OP(Br)(=N[Si](C)(C)C)N([Si](C)(C)C)[Si](C)(C)C. The van der Waals surface area contributed by atoms with E-state index in [1.165, 1.54) is 0 Å². The molecular formula is C13H36BrN2OPSi3. The second-order valence-electron chi connectivity index (χ2n) is 9.60. The van der Waals surface area contributed by atoms with Crippen molar-refractivity contribution in [2.75, 3.05) is 0 Å². The highest BCUT2D eigenvalue weighted by Crippen LogP contribution is 2.67. The van der Waals surface area contributed by atoms with Crippen molar-refractivity contribution in [2.24, 2.45) is 4.41 Å². The van der Waals surface area contributed by atoms with Crippen molar-refractivity contribution in [3.8, 4) is 0 Å². The minimum Gasteiger partial charge on any atom is -0.320 e. The van der Waals surface area contributed by atoms with Gasteiger partial charge in [0.15, 0.2) is 14.4 Å². The minimum atomic E-state index is -2.11. The fourth-order valence-electron chi connectivity index (χ4n) is 2.57. The van der Waals surface area contributed by atoms with Gasteiger partial charge in [-0.05, 0) is 40.4 Å². The molecule has 1 unspecified atom stereocenters. The van der Waals surface area contributed by atoms with E-state index < -0.39 is 30.8 Å². The van der Waals surface area contributed by atoms with Crippen molar-refractivity contribution in [3.63, 3.8) is 0 Å². The maximum atomic E-state index is 6.61. The highest BCUT2D eigenvalue weighted by atomic mass is 79.9. The van der Waals surface area contributed by atoms with Gasteiger partial charge in [-0.15, -0.1) is 0 Å². The summed E-state index contributed by atoms with van der Waals surface area (Å²) < 4.78 is 14.6. The molecule has 1 atom stereocenters. The maximum Gasteiger partial charge on any atom is 0.199 e. The molecule has 0 fully saturated rings. The van der Waals surface area contributed by atoms with Gasteiger partial charge in [0.05, 0.1) is 5.60 Å². The van der Waals surface area contributed by atoms with Gasteiger partial charge in [-0.1, -0.05) is 39.3 Å². The first-order chi connectivity index (χ1) is 8.78. The summed E-state index contributed by atoms with van der Waals surface area (Å²) in [6.45, 7) is 27.7. The van der Waals surface area contributed by atoms with Crippen LogP contribution in [-0.4, -0.2) is 34.3 Å². The molecule has 0 aromatic heterocycles. The zero-order valence-corrected chi connectivity index (χ0v) is 21.6. The molecule has 0 aromatic rings. The third-order valence-corrected chi connectivity index (χ3v) is 23.4. The largest absolute Gasteiger partial charge is 0.320 e. The Morgan fingerprint density at radius 2 is 1.19 bits per heavy atom. The molecule has 3 nitrogen and oxygen atoms in total. The summed E-state index contributed by atoms with van der Waals surface area (Å²) in [4.78, 5) is 0. The maximum absolute atomic E-state index is 6.61. The lowest BCUT2D eigenvalue weighted by Gasteiger charge is -2.50. The minimum absolute atomic E-state index is 0.196. The summed E-state index contributed by atoms with van der Waals surface area (Å²) in [6.07, 6.45) is -2.11. The molecule has 21 heavy (non-hydrogen) atoms. The van der Waals surface area contributed by atoms with Gasteiger partial charge in [0.25, 0.3) is 0 Å². The number of nitrogens with zero attached hydrogens (tertiary/aromatic N) is 2. The van der Waals surface area contributed by atoms with Crippen LogP contribution < -0.4 is 0 Å². The van der Waals surface area contributed by atoms with E-state index in [1.807, 2.05) is 0 Å². The lowest BCUT2D eigenvalue weighted by atomic mass is 10.2. The topological polar surface area (TPSA) is 24.8 Å². The van der Waals surface area contributed by atoms with Crippen LogP contribution in [0, 0.1) is 0 Å². The summed E-state index contributed by atoms with van der Waals surface area (Å²) in [5.41, 5.74) is -0.196. The Kier molecular flexibility index (Phi) is 7.06. The molecule has 0 saturated carbocycles. The van der Waals surface area contributed by atoms with Crippen molar-refractivity contribution in [2.45, 2.75) is 85.3 Å². The van der Waals surface area contributed by atoms with Gasteiger partial charge in [-0.3, -0.25) is 8.41 Å². The molecule has 0 spiro atoms. The lowest BCUT2D eigenvalue weighted by molar-refractivity contribution is 0.147. The predicted molar refractivity (Wildman–Crippen MR) is 111 cm³/mol. The Morgan fingerprint density at radius 3 is 1.38 bits per heavy atom. The fraction of sp³-hybridized carbons (Fsp3) is 1.00. The van der Waals surface area contributed by atoms with Crippen molar-refractivity contribution in [3.05, 3.63) is 0 Å². The van der Waals surface area contributed by atoms with Crippen LogP contribution >= 0.6 is 21.6 Å². The van der Waals surface area contributed by atoms with Gasteiger partial charge >= 0.3 is 0 Å².